The number of aromatic amines is 1. The van der Waals surface area contributed by atoms with E-state index < -0.39 is 0 Å². The number of fused-ring (bicyclic) bond motifs is 1. The number of aromatic nitrogens is 5. The zero-order valence-corrected chi connectivity index (χ0v) is 18.4. The van der Waals surface area contributed by atoms with Crippen LogP contribution in [0.1, 0.15) is 49.8 Å². The van der Waals surface area contributed by atoms with E-state index in [1.165, 1.54) is 32.1 Å². The molecule has 3 aromatic heterocycles. The molecule has 6 nitrogen and oxygen atoms in total. The lowest BCUT2D eigenvalue weighted by molar-refractivity contribution is 0.332. The monoisotopic (exact) mass is 437 g/mol. The zero-order chi connectivity index (χ0) is 20.5. The number of thioether (sulfide) groups is 1. The number of rotatable bonds is 5. The maximum Gasteiger partial charge on any atom is 0.259 e. The number of H-pyrrole nitrogens is 1. The summed E-state index contributed by atoms with van der Waals surface area (Å²) in [6.45, 7) is 2.02. The van der Waals surface area contributed by atoms with Crippen molar-refractivity contribution in [1.82, 2.24) is 24.7 Å². The molecular formula is C22H23N5OS2. The van der Waals surface area contributed by atoms with Crippen molar-refractivity contribution in [2.45, 2.75) is 56.0 Å². The largest absolute Gasteiger partial charge is 0.309 e. The van der Waals surface area contributed by atoms with Crippen LogP contribution in [0.4, 0.5) is 0 Å². The quantitative estimate of drug-likeness (QED) is 0.426. The number of benzene rings is 1. The lowest BCUT2D eigenvalue weighted by atomic mass is 9.95. The van der Waals surface area contributed by atoms with E-state index in [-0.39, 0.29) is 5.56 Å². The summed E-state index contributed by atoms with van der Waals surface area (Å²) in [7, 11) is 0. The average molecular weight is 438 g/mol. The van der Waals surface area contributed by atoms with E-state index in [9.17, 15) is 4.79 Å². The second-order valence-corrected chi connectivity index (χ2v) is 9.66. The summed E-state index contributed by atoms with van der Waals surface area (Å²) in [5.41, 5.74) is 1.02. The van der Waals surface area contributed by atoms with Crippen LogP contribution in [-0.4, -0.2) is 24.7 Å². The highest BCUT2D eigenvalue weighted by Gasteiger charge is 2.21. The van der Waals surface area contributed by atoms with Gasteiger partial charge in [-0.05, 0) is 31.4 Å². The standard InChI is InChI=1S/C22H23N5OS2/c1-14-25-26-22(27(14)16-10-6-3-7-11-16)29-13-19-23-20(28)17-12-18(30-21(17)24-19)15-8-4-2-5-9-15/h2,4-5,8-9,12,16H,3,6-7,10-11,13H2,1H3,(H,23,24,28). The minimum atomic E-state index is -0.0843. The molecule has 5 rings (SSSR count). The highest BCUT2D eigenvalue weighted by molar-refractivity contribution is 7.98. The Labute approximate surface area is 182 Å². The Hall–Kier alpha value is -2.45. The molecule has 0 amide bonds. The number of aryl methyl sites for hydroxylation is 1. The molecule has 0 aliphatic heterocycles. The molecule has 8 heteroatoms. The summed E-state index contributed by atoms with van der Waals surface area (Å²) in [4.78, 5) is 22.2. The maximum absolute atomic E-state index is 12.6. The van der Waals surface area contributed by atoms with Crippen LogP contribution in [0.3, 0.4) is 0 Å². The van der Waals surface area contributed by atoms with Crippen LogP contribution in [-0.2, 0) is 5.75 Å². The molecule has 30 heavy (non-hydrogen) atoms. The first-order valence-electron chi connectivity index (χ1n) is 10.3. The highest BCUT2D eigenvalue weighted by atomic mass is 32.2. The summed E-state index contributed by atoms with van der Waals surface area (Å²) in [5, 5.41) is 10.3. The lowest BCUT2D eigenvalue weighted by Gasteiger charge is -2.24. The van der Waals surface area contributed by atoms with Gasteiger partial charge in [0.2, 0.25) is 0 Å². The van der Waals surface area contributed by atoms with Gasteiger partial charge in [-0.25, -0.2) is 4.98 Å². The van der Waals surface area contributed by atoms with Gasteiger partial charge in [0.05, 0.1) is 11.1 Å². The van der Waals surface area contributed by atoms with Crippen molar-refractivity contribution < 1.29 is 0 Å². The molecule has 0 saturated heterocycles. The molecule has 1 saturated carbocycles. The molecule has 154 valence electrons. The van der Waals surface area contributed by atoms with Crippen molar-refractivity contribution in [3.05, 3.63) is 58.4 Å². The number of nitrogens with zero attached hydrogens (tertiary/aromatic N) is 4. The molecule has 0 atom stereocenters. The Bertz CT molecular complexity index is 1220. The van der Waals surface area contributed by atoms with Gasteiger partial charge in [0.25, 0.3) is 5.56 Å². The minimum absolute atomic E-state index is 0.0843. The Morgan fingerprint density at radius 3 is 2.77 bits per heavy atom. The predicted molar refractivity (Wildman–Crippen MR) is 122 cm³/mol. The van der Waals surface area contributed by atoms with Gasteiger partial charge in [-0.3, -0.25) is 4.79 Å². The van der Waals surface area contributed by atoms with Crippen molar-refractivity contribution >= 4 is 33.3 Å². The fraction of sp³-hybridized carbons (Fsp3) is 0.364. The Kier molecular flexibility index (Phi) is 5.43. The smallest absolute Gasteiger partial charge is 0.259 e. The van der Waals surface area contributed by atoms with Crippen LogP contribution in [0.25, 0.3) is 20.7 Å². The summed E-state index contributed by atoms with van der Waals surface area (Å²) in [5.74, 6) is 2.20. The van der Waals surface area contributed by atoms with E-state index in [0.29, 0.717) is 23.0 Å². The molecule has 4 aromatic rings. The first kappa shape index (κ1) is 19.5. The second kappa shape index (κ2) is 8.35. The van der Waals surface area contributed by atoms with E-state index in [2.05, 4.69) is 31.9 Å². The Morgan fingerprint density at radius 1 is 1.17 bits per heavy atom. The number of thiophene rings is 1. The van der Waals surface area contributed by atoms with Crippen molar-refractivity contribution in [2.75, 3.05) is 0 Å². The third-order valence-corrected chi connectivity index (χ3v) is 7.65. The van der Waals surface area contributed by atoms with Crippen LogP contribution in [0.5, 0.6) is 0 Å². The topological polar surface area (TPSA) is 76.5 Å². The molecule has 1 N–H and O–H groups in total. The highest BCUT2D eigenvalue weighted by Crippen LogP contribution is 2.34. The molecule has 0 radical (unpaired) electrons. The van der Waals surface area contributed by atoms with Crippen molar-refractivity contribution in [3.63, 3.8) is 0 Å². The number of hydrogen-bond acceptors (Lipinski definition) is 6. The van der Waals surface area contributed by atoms with Crippen LogP contribution in [0.15, 0.2) is 46.3 Å². The van der Waals surface area contributed by atoms with Crippen molar-refractivity contribution in [3.8, 4) is 10.4 Å². The van der Waals surface area contributed by atoms with Crippen LogP contribution >= 0.6 is 23.1 Å². The van der Waals surface area contributed by atoms with Gasteiger partial charge in [0.1, 0.15) is 16.5 Å². The zero-order valence-electron chi connectivity index (χ0n) is 16.8. The fourth-order valence-electron chi connectivity index (χ4n) is 4.13. The van der Waals surface area contributed by atoms with E-state index in [4.69, 9.17) is 4.98 Å². The summed E-state index contributed by atoms with van der Waals surface area (Å²) in [6, 6.07) is 12.5. The van der Waals surface area contributed by atoms with E-state index >= 15 is 0 Å². The number of nitrogens with one attached hydrogen (secondary N) is 1. The molecule has 0 unspecified atom stereocenters. The van der Waals surface area contributed by atoms with Crippen LogP contribution in [0.2, 0.25) is 0 Å². The third-order valence-electron chi connectivity index (χ3n) is 5.62. The summed E-state index contributed by atoms with van der Waals surface area (Å²) >= 11 is 3.15. The molecule has 1 aliphatic carbocycles. The number of hydrogen-bond donors (Lipinski definition) is 1. The Balaban J connectivity index is 1.40. The minimum Gasteiger partial charge on any atom is -0.309 e. The molecule has 0 spiro atoms. The first-order valence-corrected chi connectivity index (χ1v) is 12.1. The molecule has 1 aliphatic rings. The maximum atomic E-state index is 12.6. The van der Waals surface area contributed by atoms with E-state index in [1.807, 2.05) is 31.2 Å². The molecule has 0 bridgehead atoms. The molecule has 1 fully saturated rings. The summed E-state index contributed by atoms with van der Waals surface area (Å²) < 4.78 is 2.28. The van der Waals surface area contributed by atoms with Gasteiger partial charge in [-0.15, -0.1) is 21.5 Å². The van der Waals surface area contributed by atoms with Crippen LogP contribution < -0.4 is 5.56 Å². The third kappa shape index (κ3) is 3.81. The van der Waals surface area contributed by atoms with Crippen molar-refractivity contribution in [1.29, 1.82) is 0 Å². The lowest BCUT2D eigenvalue weighted by Crippen LogP contribution is -2.15. The first-order chi connectivity index (χ1) is 14.7. The van der Waals surface area contributed by atoms with Crippen LogP contribution in [0, 0.1) is 6.92 Å². The normalized spacial score (nSPS) is 15.1. The summed E-state index contributed by atoms with van der Waals surface area (Å²) in [6.07, 6.45) is 6.22. The second-order valence-electron chi connectivity index (χ2n) is 7.69. The fourth-order valence-corrected chi connectivity index (χ4v) is 6.11. The van der Waals surface area contributed by atoms with E-state index in [1.54, 1.807) is 23.1 Å². The van der Waals surface area contributed by atoms with Gasteiger partial charge in [-0.2, -0.15) is 0 Å². The van der Waals surface area contributed by atoms with Gasteiger partial charge in [-0.1, -0.05) is 61.4 Å². The van der Waals surface area contributed by atoms with Gasteiger partial charge < -0.3 is 9.55 Å². The molecule has 1 aromatic carbocycles. The average Bonchev–Trinajstić information content (AvgIpc) is 3.37. The molecule has 3 heterocycles. The molecular weight excluding hydrogens is 414 g/mol. The van der Waals surface area contributed by atoms with Crippen molar-refractivity contribution in [2.24, 2.45) is 0 Å². The predicted octanol–water partition coefficient (Wildman–Crippen LogP) is 5.35. The van der Waals surface area contributed by atoms with Gasteiger partial charge >= 0.3 is 0 Å². The van der Waals surface area contributed by atoms with E-state index in [0.717, 1.165) is 26.3 Å². The van der Waals surface area contributed by atoms with Gasteiger partial charge in [0, 0.05) is 10.9 Å². The van der Waals surface area contributed by atoms with Gasteiger partial charge in [0.15, 0.2) is 5.16 Å². The Morgan fingerprint density at radius 2 is 1.97 bits per heavy atom. The SMILES string of the molecule is Cc1nnc(SCc2nc3sc(-c4ccccc4)cc3c(=O)[nH]2)n1C1CCCCC1.